The maximum absolute atomic E-state index is 12.7. The van der Waals surface area contributed by atoms with Gasteiger partial charge >= 0.3 is 5.97 Å². The fourth-order valence-electron chi connectivity index (χ4n) is 2.73. The molecule has 0 rings (SSSR count). The molecule has 0 aliphatic carbocycles. The van der Waals surface area contributed by atoms with Crippen LogP contribution >= 0.6 is 0 Å². The third-order valence-electron chi connectivity index (χ3n) is 4.65. The van der Waals surface area contributed by atoms with Crippen LogP contribution in [-0.4, -0.2) is 55.7 Å². The van der Waals surface area contributed by atoms with E-state index in [0.717, 1.165) is 6.42 Å². The highest BCUT2D eigenvalue weighted by molar-refractivity contribution is 5.82. The van der Waals surface area contributed by atoms with Crippen LogP contribution in [-0.2, 0) is 19.1 Å². The van der Waals surface area contributed by atoms with Crippen LogP contribution in [0.15, 0.2) is 0 Å². The molecule has 6 heteroatoms. The average molecular weight is 359 g/mol. The van der Waals surface area contributed by atoms with Crippen molar-refractivity contribution in [2.75, 3.05) is 20.8 Å². The molecule has 0 aromatic carbocycles. The zero-order valence-corrected chi connectivity index (χ0v) is 17.2. The van der Waals surface area contributed by atoms with Gasteiger partial charge in [-0.3, -0.25) is 9.59 Å². The standard InChI is InChI=1S/C19H38N2O4/c1-9-14(6)18(21(7)19(23)17(20)13(4)5)15(24-8)10-16(22)25-11-12(2)3/h12-15,17-18H,9-11,20H2,1-8H3/t14?,15-,17+,18+/m1/s1. The lowest BCUT2D eigenvalue weighted by atomic mass is 9.90. The number of esters is 1. The Morgan fingerprint density at radius 1 is 1.12 bits per heavy atom. The first kappa shape index (κ1) is 23.9. The second-order valence-electron chi connectivity index (χ2n) is 7.65. The Balaban J connectivity index is 5.25. The SMILES string of the molecule is CCC(C)[C@@H]([C@@H](CC(=O)OCC(C)C)OC)N(C)C(=O)[C@@H](N)C(C)C. The van der Waals surface area contributed by atoms with Gasteiger partial charge in [-0.25, -0.2) is 0 Å². The maximum Gasteiger partial charge on any atom is 0.308 e. The van der Waals surface area contributed by atoms with Gasteiger partial charge in [-0.1, -0.05) is 48.0 Å². The number of hydrogen-bond acceptors (Lipinski definition) is 5. The van der Waals surface area contributed by atoms with E-state index >= 15 is 0 Å². The predicted molar refractivity (Wildman–Crippen MR) is 100 cm³/mol. The van der Waals surface area contributed by atoms with Crippen molar-refractivity contribution in [1.82, 2.24) is 4.90 Å². The third-order valence-corrected chi connectivity index (χ3v) is 4.65. The van der Waals surface area contributed by atoms with E-state index in [9.17, 15) is 9.59 Å². The summed E-state index contributed by atoms with van der Waals surface area (Å²) in [5.74, 6) is 0.0602. The molecular formula is C19H38N2O4. The van der Waals surface area contributed by atoms with Crippen molar-refractivity contribution in [3.8, 4) is 0 Å². The van der Waals surface area contributed by atoms with Crippen LogP contribution in [0.1, 0.15) is 54.4 Å². The quantitative estimate of drug-likeness (QED) is 0.574. The Morgan fingerprint density at radius 3 is 2.08 bits per heavy atom. The number of nitrogens with zero attached hydrogens (tertiary/aromatic N) is 1. The number of carbonyl (C=O) groups excluding carboxylic acids is 2. The van der Waals surface area contributed by atoms with Crippen LogP contribution < -0.4 is 5.73 Å². The Morgan fingerprint density at radius 2 is 1.68 bits per heavy atom. The van der Waals surface area contributed by atoms with Crippen molar-refractivity contribution in [2.45, 2.75) is 72.6 Å². The molecule has 0 saturated carbocycles. The minimum absolute atomic E-state index is 0.0459. The van der Waals surface area contributed by atoms with Gasteiger partial charge in [-0.2, -0.15) is 0 Å². The second-order valence-corrected chi connectivity index (χ2v) is 7.65. The predicted octanol–water partition coefficient (Wildman–Crippen LogP) is 2.45. The monoisotopic (exact) mass is 358 g/mol. The first-order chi connectivity index (χ1) is 11.6. The summed E-state index contributed by atoms with van der Waals surface area (Å²) < 4.78 is 10.9. The summed E-state index contributed by atoms with van der Waals surface area (Å²) in [5, 5.41) is 0. The summed E-state index contributed by atoms with van der Waals surface area (Å²) in [6.07, 6.45) is 0.551. The van der Waals surface area contributed by atoms with Crippen LogP contribution in [0.3, 0.4) is 0 Å². The summed E-state index contributed by atoms with van der Waals surface area (Å²) in [7, 11) is 3.31. The minimum Gasteiger partial charge on any atom is -0.465 e. The van der Waals surface area contributed by atoms with Crippen LogP contribution in [0, 0.1) is 17.8 Å². The highest BCUT2D eigenvalue weighted by Gasteiger charge is 2.36. The van der Waals surface area contributed by atoms with Crippen molar-refractivity contribution in [1.29, 1.82) is 0 Å². The lowest BCUT2D eigenvalue weighted by molar-refractivity contribution is -0.152. The molecule has 0 spiro atoms. The molecule has 25 heavy (non-hydrogen) atoms. The number of rotatable bonds is 11. The molecule has 0 fully saturated rings. The Hall–Kier alpha value is -1.14. The van der Waals surface area contributed by atoms with Gasteiger partial charge in [-0.15, -0.1) is 0 Å². The van der Waals surface area contributed by atoms with Gasteiger partial charge in [0.25, 0.3) is 0 Å². The van der Waals surface area contributed by atoms with Crippen molar-refractivity contribution >= 4 is 11.9 Å². The maximum atomic E-state index is 12.7. The van der Waals surface area contributed by atoms with Crippen molar-refractivity contribution < 1.29 is 19.1 Å². The van der Waals surface area contributed by atoms with Gasteiger partial charge in [0, 0.05) is 14.2 Å². The molecule has 2 N–H and O–H groups in total. The number of likely N-dealkylation sites (N-methyl/N-ethyl adjacent to an activating group) is 1. The normalized spacial score (nSPS) is 16.4. The molecule has 0 aliphatic heterocycles. The Labute approximate surface area is 153 Å². The fourth-order valence-corrected chi connectivity index (χ4v) is 2.73. The molecule has 0 saturated heterocycles. The number of carbonyl (C=O) groups is 2. The van der Waals surface area contributed by atoms with Crippen LogP contribution in [0.5, 0.6) is 0 Å². The lowest BCUT2D eigenvalue weighted by Gasteiger charge is -2.39. The Kier molecular flexibility index (Phi) is 10.9. The van der Waals surface area contributed by atoms with Crippen molar-refractivity contribution in [3.05, 3.63) is 0 Å². The zero-order valence-electron chi connectivity index (χ0n) is 17.2. The second kappa shape index (κ2) is 11.5. The van der Waals surface area contributed by atoms with E-state index in [0.29, 0.717) is 6.61 Å². The Bertz CT molecular complexity index is 412. The van der Waals surface area contributed by atoms with E-state index in [2.05, 4.69) is 13.8 Å². The first-order valence-corrected chi connectivity index (χ1v) is 9.27. The summed E-state index contributed by atoms with van der Waals surface area (Å²) in [6, 6.07) is -0.805. The zero-order chi connectivity index (χ0) is 19.7. The summed E-state index contributed by atoms with van der Waals surface area (Å²) in [5.41, 5.74) is 6.04. The molecule has 4 atom stereocenters. The third kappa shape index (κ3) is 7.74. The molecule has 1 unspecified atom stereocenters. The van der Waals surface area contributed by atoms with Gasteiger partial charge in [0.1, 0.15) is 0 Å². The number of ether oxygens (including phenoxy) is 2. The van der Waals surface area contributed by atoms with Crippen LogP contribution in [0.2, 0.25) is 0 Å². The van der Waals surface area contributed by atoms with Gasteiger partial charge in [0.05, 0.1) is 31.2 Å². The van der Waals surface area contributed by atoms with Gasteiger partial charge in [0.2, 0.25) is 5.91 Å². The van der Waals surface area contributed by atoms with Crippen LogP contribution in [0.4, 0.5) is 0 Å². The van der Waals surface area contributed by atoms with Gasteiger partial charge < -0.3 is 20.1 Å². The molecule has 0 heterocycles. The smallest absolute Gasteiger partial charge is 0.308 e. The number of methoxy groups -OCH3 is 1. The van der Waals surface area contributed by atoms with E-state index in [-0.39, 0.29) is 42.1 Å². The van der Waals surface area contributed by atoms with Crippen molar-refractivity contribution in [2.24, 2.45) is 23.5 Å². The van der Waals surface area contributed by atoms with E-state index in [1.165, 1.54) is 0 Å². The van der Waals surface area contributed by atoms with Crippen molar-refractivity contribution in [3.63, 3.8) is 0 Å². The molecule has 0 bridgehead atoms. The molecule has 1 amide bonds. The fraction of sp³-hybridized carbons (Fsp3) is 0.895. The lowest BCUT2D eigenvalue weighted by Crippen LogP contribution is -2.55. The topological polar surface area (TPSA) is 81.9 Å². The molecule has 0 aromatic heterocycles. The summed E-state index contributed by atoms with van der Waals surface area (Å²) >= 11 is 0. The highest BCUT2D eigenvalue weighted by atomic mass is 16.5. The summed E-state index contributed by atoms with van der Waals surface area (Å²) in [6.45, 7) is 12.3. The van der Waals surface area contributed by atoms with E-state index in [1.807, 2.05) is 27.7 Å². The van der Waals surface area contributed by atoms with E-state index in [1.54, 1.807) is 19.1 Å². The number of hydrogen-bond donors (Lipinski definition) is 1. The molecule has 0 aliphatic rings. The number of nitrogens with two attached hydrogens (primary N) is 1. The highest BCUT2D eigenvalue weighted by Crippen LogP contribution is 2.23. The number of amides is 1. The van der Waals surface area contributed by atoms with E-state index in [4.69, 9.17) is 15.2 Å². The largest absolute Gasteiger partial charge is 0.465 e. The first-order valence-electron chi connectivity index (χ1n) is 9.27. The average Bonchev–Trinajstić information content (AvgIpc) is 2.56. The molecule has 148 valence electrons. The summed E-state index contributed by atoms with van der Waals surface area (Å²) in [4.78, 5) is 26.5. The van der Waals surface area contributed by atoms with Gasteiger partial charge in [0.15, 0.2) is 0 Å². The minimum atomic E-state index is -0.568. The molecular weight excluding hydrogens is 320 g/mol. The van der Waals surface area contributed by atoms with Gasteiger partial charge in [-0.05, 0) is 17.8 Å². The van der Waals surface area contributed by atoms with Crippen LogP contribution in [0.25, 0.3) is 0 Å². The molecule has 6 nitrogen and oxygen atoms in total. The molecule has 0 aromatic rings. The van der Waals surface area contributed by atoms with E-state index < -0.39 is 12.1 Å². The molecule has 0 radical (unpaired) electrons.